The number of hydrogen-bond donors (Lipinski definition) is 1. The van der Waals surface area contributed by atoms with Gasteiger partial charge >= 0.3 is 0 Å². The third-order valence-corrected chi connectivity index (χ3v) is 3.93. The fourth-order valence-electron chi connectivity index (χ4n) is 2.17. The van der Waals surface area contributed by atoms with Crippen molar-refractivity contribution < 1.29 is 9.53 Å². The zero-order valence-corrected chi connectivity index (χ0v) is 12.9. The lowest BCUT2D eigenvalue weighted by Crippen LogP contribution is -2.62. The monoisotopic (exact) mass is 326 g/mol. The highest BCUT2D eigenvalue weighted by Gasteiger charge is 2.37. The SMILES string of the molecule is CC1(C)C(=O)NCCN1CCOc1cccc(Br)c1. The molecule has 0 aliphatic carbocycles. The molecule has 0 atom stereocenters. The Kier molecular flexibility index (Phi) is 4.47. The van der Waals surface area contributed by atoms with Gasteiger partial charge in [0, 0.05) is 24.1 Å². The molecular weight excluding hydrogens is 308 g/mol. The first-order chi connectivity index (χ1) is 9.00. The summed E-state index contributed by atoms with van der Waals surface area (Å²) in [5.41, 5.74) is -0.459. The van der Waals surface area contributed by atoms with Crippen molar-refractivity contribution in [1.82, 2.24) is 10.2 Å². The van der Waals surface area contributed by atoms with Crippen LogP contribution in [0.4, 0.5) is 0 Å². The van der Waals surface area contributed by atoms with Crippen molar-refractivity contribution in [2.24, 2.45) is 0 Å². The number of piperazine rings is 1. The summed E-state index contributed by atoms with van der Waals surface area (Å²) in [5, 5.41) is 2.89. The summed E-state index contributed by atoms with van der Waals surface area (Å²) in [7, 11) is 0. The van der Waals surface area contributed by atoms with Crippen LogP contribution in [0.15, 0.2) is 28.7 Å². The van der Waals surface area contributed by atoms with Crippen LogP contribution in [-0.2, 0) is 4.79 Å². The third kappa shape index (κ3) is 3.48. The van der Waals surface area contributed by atoms with Gasteiger partial charge in [0.25, 0.3) is 0 Å². The predicted molar refractivity (Wildman–Crippen MR) is 78.3 cm³/mol. The van der Waals surface area contributed by atoms with Gasteiger partial charge in [-0.2, -0.15) is 0 Å². The third-order valence-electron chi connectivity index (χ3n) is 3.44. The first-order valence-electron chi connectivity index (χ1n) is 6.42. The molecule has 0 aromatic heterocycles. The van der Waals surface area contributed by atoms with Gasteiger partial charge in [-0.1, -0.05) is 22.0 Å². The number of ether oxygens (including phenoxy) is 1. The average Bonchev–Trinajstić information content (AvgIpc) is 2.35. The van der Waals surface area contributed by atoms with Crippen LogP contribution >= 0.6 is 15.9 Å². The molecule has 0 bridgehead atoms. The molecule has 5 heteroatoms. The van der Waals surface area contributed by atoms with Gasteiger partial charge in [-0.05, 0) is 32.0 Å². The van der Waals surface area contributed by atoms with Crippen LogP contribution in [0, 0.1) is 0 Å². The number of rotatable bonds is 4. The van der Waals surface area contributed by atoms with Gasteiger partial charge < -0.3 is 10.1 Å². The van der Waals surface area contributed by atoms with Crippen LogP contribution in [0.2, 0.25) is 0 Å². The van der Waals surface area contributed by atoms with Gasteiger partial charge in [-0.25, -0.2) is 0 Å². The first-order valence-corrected chi connectivity index (χ1v) is 7.21. The Morgan fingerprint density at radius 2 is 2.26 bits per heavy atom. The van der Waals surface area contributed by atoms with E-state index in [-0.39, 0.29) is 5.91 Å². The van der Waals surface area contributed by atoms with Crippen molar-refractivity contribution in [3.05, 3.63) is 28.7 Å². The van der Waals surface area contributed by atoms with Crippen molar-refractivity contribution in [1.29, 1.82) is 0 Å². The molecule has 1 saturated heterocycles. The lowest BCUT2D eigenvalue weighted by Gasteiger charge is -2.41. The molecule has 4 nitrogen and oxygen atoms in total. The minimum atomic E-state index is -0.459. The smallest absolute Gasteiger partial charge is 0.240 e. The van der Waals surface area contributed by atoms with Gasteiger partial charge in [0.05, 0.1) is 5.54 Å². The van der Waals surface area contributed by atoms with Crippen LogP contribution in [0.3, 0.4) is 0 Å². The fraction of sp³-hybridized carbons (Fsp3) is 0.500. The quantitative estimate of drug-likeness (QED) is 0.920. The lowest BCUT2D eigenvalue weighted by atomic mass is 9.99. The van der Waals surface area contributed by atoms with E-state index in [1.54, 1.807) is 0 Å². The molecule has 1 amide bonds. The topological polar surface area (TPSA) is 41.6 Å². The normalized spacial score (nSPS) is 19.0. The van der Waals surface area contributed by atoms with E-state index < -0.39 is 5.54 Å². The standard InChI is InChI=1S/C14H19BrN2O2/c1-14(2)13(18)16-6-7-17(14)8-9-19-12-5-3-4-11(15)10-12/h3-5,10H,6-9H2,1-2H3,(H,16,18). The number of carbonyl (C=O) groups excluding carboxylic acids is 1. The van der Waals surface area contributed by atoms with Crippen LogP contribution in [0.1, 0.15) is 13.8 Å². The van der Waals surface area contributed by atoms with Crippen molar-refractivity contribution >= 4 is 21.8 Å². The number of carbonyl (C=O) groups is 1. The van der Waals surface area contributed by atoms with E-state index in [2.05, 4.69) is 26.1 Å². The fourth-order valence-corrected chi connectivity index (χ4v) is 2.54. The molecule has 1 aliphatic heterocycles. The summed E-state index contributed by atoms with van der Waals surface area (Å²) in [5.74, 6) is 0.926. The number of halogens is 1. The molecular formula is C14H19BrN2O2. The Labute approximate surface area is 122 Å². The molecule has 1 fully saturated rings. The molecule has 1 aromatic carbocycles. The molecule has 104 valence electrons. The Balaban J connectivity index is 1.87. The van der Waals surface area contributed by atoms with Crippen molar-refractivity contribution in [3.8, 4) is 5.75 Å². The molecule has 1 aromatic rings. The Morgan fingerprint density at radius 1 is 1.47 bits per heavy atom. The van der Waals surface area contributed by atoms with E-state index in [9.17, 15) is 4.79 Å². The zero-order valence-electron chi connectivity index (χ0n) is 11.3. The van der Waals surface area contributed by atoms with E-state index in [4.69, 9.17) is 4.74 Å². The van der Waals surface area contributed by atoms with Gasteiger partial charge in [0.15, 0.2) is 0 Å². The van der Waals surface area contributed by atoms with Crippen molar-refractivity contribution in [2.45, 2.75) is 19.4 Å². The number of nitrogens with zero attached hydrogens (tertiary/aromatic N) is 1. The Hall–Kier alpha value is -1.07. The highest BCUT2D eigenvalue weighted by molar-refractivity contribution is 9.10. The maximum atomic E-state index is 11.8. The second-order valence-electron chi connectivity index (χ2n) is 5.11. The highest BCUT2D eigenvalue weighted by Crippen LogP contribution is 2.19. The van der Waals surface area contributed by atoms with E-state index in [0.717, 1.165) is 23.3 Å². The number of hydrogen-bond acceptors (Lipinski definition) is 3. The summed E-state index contributed by atoms with van der Waals surface area (Å²) >= 11 is 3.41. The average molecular weight is 327 g/mol. The maximum Gasteiger partial charge on any atom is 0.240 e. The van der Waals surface area contributed by atoms with Crippen molar-refractivity contribution in [3.63, 3.8) is 0 Å². The molecule has 2 rings (SSSR count). The van der Waals surface area contributed by atoms with E-state index in [0.29, 0.717) is 13.2 Å². The van der Waals surface area contributed by atoms with Crippen LogP contribution in [0.5, 0.6) is 5.75 Å². The molecule has 19 heavy (non-hydrogen) atoms. The largest absolute Gasteiger partial charge is 0.492 e. The second-order valence-corrected chi connectivity index (χ2v) is 6.02. The summed E-state index contributed by atoms with van der Waals surface area (Å²) in [6.07, 6.45) is 0. The summed E-state index contributed by atoms with van der Waals surface area (Å²) in [6, 6.07) is 7.77. The molecule has 0 spiro atoms. The number of nitrogens with one attached hydrogen (secondary N) is 1. The minimum absolute atomic E-state index is 0.0844. The van der Waals surface area contributed by atoms with Gasteiger partial charge in [-0.3, -0.25) is 9.69 Å². The van der Waals surface area contributed by atoms with Gasteiger partial charge in [0.2, 0.25) is 5.91 Å². The number of amides is 1. The second kappa shape index (κ2) is 5.92. The maximum absolute atomic E-state index is 11.8. The molecule has 0 unspecified atom stereocenters. The van der Waals surface area contributed by atoms with E-state index >= 15 is 0 Å². The molecule has 1 heterocycles. The van der Waals surface area contributed by atoms with Crippen LogP contribution in [-0.4, -0.2) is 42.6 Å². The van der Waals surface area contributed by atoms with E-state index in [1.807, 2.05) is 38.1 Å². The van der Waals surface area contributed by atoms with Crippen molar-refractivity contribution in [2.75, 3.05) is 26.2 Å². The summed E-state index contributed by atoms with van der Waals surface area (Å²) in [4.78, 5) is 14.0. The molecule has 0 saturated carbocycles. The summed E-state index contributed by atoms with van der Waals surface area (Å²) < 4.78 is 6.72. The predicted octanol–water partition coefficient (Wildman–Crippen LogP) is 2.04. The van der Waals surface area contributed by atoms with Gasteiger partial charge in [-0.15, -0.1) is 0 Å². The summed E-state index contributed by atoms with van der Waals surface area (Å²) in [6.45, 7) is 6.78. The lowest BCUT2D eigenvalue weighted by molar-refractivity contribution is -0.135. The van der Waals surface area contributed by atoms with Gasteiger partial charge in [0.1, 0.15) is 12.4 Å². The van der Waals surface area contributed by atoms with E-state index in [1.165, 1.54) is 0 Å². The van der Waals surface area contributed by atoms with Crippen LogP contribution < -0.4 is 10.1 Å². The Morgan fingerprint density at radius 3 is 3.00 bits per heavy atom. The Bertz CT molecular complexity index is 463. The molecule has 0 radical (unpaired) electrons. The molecule has 1 aliphatic rings. The zero-order chi connectivity index (χ0) is 13.9. The highest BCUT2D eigenvalue weighted by atomic mass is 79.9. The first kappa shape index (κ1) is 14.3. The minimum Gasteiger partial charge on any atom is -0.492 e. The number of benzene rings is 1. The van der Waals surface area contributed by atoms with Crippen LogP contribution in [0.25, 0.3) is 0 Å². The molecule has 1 N–H and O–H groups in total.